The Bertz CT molecular complexity index is 538. The predicted molar refractivity (Wildman–Crippen MR) is 63.7 cm³/mol. The molecule has 0 atom stereocenters. The molecule has 7 heteroatoms. The topological polar surface area (TPSA) is 47.0 Å². The summed E-state index contributed by atoms with van der Waals surface area (Å²) >= 11 is 0. The number of nitrogens with one attached hydrogen (secondary N) is 1. The summed E-state index contributed by atoms with van der Waals surface area (Å²) in [5, 5.41) is 2.82. The number of halogens is 3. The normalized spacial score (nSPS) is 11.2. The Kier molecular flexibility index (Phi) is 3.55. The Labute approximate surface area is 107 Å². The predicted octanol–water partition coefficient (Wildman–Crippen LogP) is 3.08. The number of hydrogen-bond donors (Lipinski definition) is 1. The number of nitrogens with zero attached hydrogens (tertiary/aromatic N) is 2. The summed E-state index contributed by atoms with van der Waals surface area (Å²) in [6.45, 7) is 0. The van der Waals surface area contributed by atoms with E-state index in [9.17, 15) is 13.2 Å². The van der Waals surface area contributed by atoms with E-state index in [1.165, 1.54) is 36.7 Å². The largest absolute Gasteiger partial charge is 0.573 e. The lowest BCUT2D eigenvalue weighted by atomic mass is 10.1. The third-order valence-electron chi connectivity index (χ3n) is 2.29. The Morgan fingerprint density at radius 3 is 2.21 bits per heavy atom. The van der Waals surface area contributed by atoms with Crippen molar-refractivity contribution in [3.05, 3.63) is 36.7 Å². The van der Waals surface area contributed by atoms with E-state index < -0.39 is 6.36 Å². The molecule has 2 aromatic rings. The number of hydrogen-bond acceptors (Lipinski definition) is 4. The third kappa shape index (κ3) is 3.57. The summed E-state index contributed by atoms with van der Waals surface area (Å²) in [6.07, 6.45) is -1.61. The van der Waals surface area contributed by atoms with Gasteiger partial charge in [0.1, 0.15) is 11.6 Å². The van der Waals surface area contributed by atoms with Gasteiger partial charge < -0.3 is 10.1 Å². The second-order valence-electron chi connectivity index (χ2n) is 3.61. The first-order valence-electron chi connectivity index (χ1n) is 5.34. The standard InChI is InChI=1S/C12H10F3N3O/c1-16-11-7-17-10(6-18-11)8-2-4-9(5-3-8)19-12(13,14)15/h2-7H,1H3,(H,16,18). The molecule has 0 radical (unpaired) electrons. The monoisotopic (exact) mass is 269 g/mol. The van der Waals surface area contributed by atoms with E-state index in [-0.39, 0.29) is 5.75 Å². The molecule has 19 heavy (non-hydrogen) atoms. The van der Waals surface area contributed by atoms with Crippen LogP contribution in [-0.4, -0.2) is 23.4 Å². The molecule has 0 unspecified atom stereocenters. The van der Waals surface area contributed by atoms with Gasteiger partial charge in [-0.2, -0.15) is 0 Å². The minimum absolute atomic E-state index is 0.268. The van der Waals surface area contributed by atoms with Gasteiger partial charge in [0.2, 0.25) is 0 Å². The van der Waals surface area contributed by atoms with Crippen LogP contribution in [0.4, 0.5) is 19.0 Å². The molecule has 0 aliphatic rings. The number of aromatic nitrogens is 2. The van der Waals surface area contributed by atoms with Crippen molar-refractivity contribution in [1.29, 1.82) is 0 Å². The van der Waals surface area contributed by atoms with Crippen LogP contribution in [-0.2, 0) is 0 Å². The van der Waals surface area contributed by atoms with E-state index in [0.717, 1.165) is 0 Å². The molecule has 1 heterocycles. The molecule has 2 rings (SSSR count). The highest BCUT2D eigenvalue weighted by atomic mass is 19.4. The minimum Gasteiger partial charge on any atom is -0.406 e. The van der Waals surface area contributed by atoms with E-state index >= 15 is 0 Å². The van der Waals surface area contributed by atoms with Crippen molar-refractivity contribution in [2.24, 2.45) is 0 Å². The second-order valence-corrected chi connectivity index (χ2v) is 3.61. The summed E-state index contributed by atoms with van der Waals surface area (Å²) in [4.78, 5) is 8.21. The zero-order valence-electron chi connectivity index (χ0n) is 9.90. The Balaban J connectivity index is 2.17. The number of alkyl halides is 3. The van der Waals surface area contributed by atoms with E-state index in [1.807, 2.05) is 0 Å². The molecule has 1 N–H and O–H groups in total. The van der Waals surface area contributed by atoms with Crippen LogP contribution in [0.2, 0.25) is 0 Å². The quantitative estimate of drug-likeness (QED) is 0.930. The first-order chi connectivity index (χ1) is 8.98. The molecule has 0 fully saturated rings. The summed E-state index contributed by atoms with van der Waals surface area (Å²) in [5.74, 6) is 0.344. The van der Waals surface area contributed by atoms with Crippen LogP contribution in [0.3, 0.4) is 0 Å². The maximum absolute atomic E-state index is 12.0. The second kappa shape index (κ2) is 5.13. The molecule has 0 bridgehead atoms. The van der Waals surface area contributed by atoms with Gasteiger partial charge in [-0.25, -0.2) is 4.98 Å². The van der Waals surface area contributed by atoms with Crippen molar-refractivity contribution in [1.82, 2.24) is 9.97 Å². The van der Waals surface area contributed by atoms with Crippen LogP contribution in [0.1, 0.15) is 0 Å². The summed E-state index contributed by atoms with van der Waals surface area (Å²) in [7, 11) is 1.72. The average molecular weight is 269 g/mol. The van der Waals surface area contributed by atoms with E-state index in [0.29, 0.717) is 17.1 Å². The molecule has 1 aromatic carbocycles. The van der Waals surface area contributed by atoms with Gasteiger partial charge in [0, 0.05) is 12.6 Å². The van der Waals surface area contributed by atoms with Crippen LogP contribution < -0.4 is 10.1 Å². The highest BCUT2D eigenvalue weighted by Crippen LogP contribution is 2.25. The van der Waals surface area contributed by atoms with E-state index in [4.69, 9.17) is 0 Å². The fourth-order valence-corrected chi connectivity index (χ4v) is 1.43. The maximum Gasteiger partial charge on any atom is 0.573 e. The number of ether oxygens (including phenoxy) is 1. The number of anilines is 1. The van der Waals surface area contributed by atoms with E-state index in [1.54, 1.807) is 7.05 Å². The fraction of sp³-hybridized carbons (Fsp3) is 0.167. The van der Waals surface area contributed by atoms with Crippen LogP contribution in [0, 0.1) is 0 Å². The van der Waals surface area contributed by atoms with Crippen molar-refractivity contribution in [2.45, 2.75) is 6.36 Å². The van der Waals surface area contributed by atoms with Gasteiger partial charge in [0.15, 0.2) is 0 Å². The highest BCUT2D eigenvalue weighted by Gasteiger charge is 2.30. The van der Waals surface area contributed by atoms with Crippen LogP contribution >= 0.6 is 0 Å². The summed E-state index contributed by atoms with van der Waals surface area (Å²) in [5.41, 5.74) is 1.22. The molecule has 0 saturated heterocycles. The molecule has 4 nitrogen and oxygen atoms in total. The Morgan fingerprint density at radius 1 is 1.05 bits per heavy atom. The lowest BCUT2D eigenvalue weighted by molar-refractivity contribution is -0.274. The molecule has 0 aliphatic heterocycles. The fourth-order valence-electron chi connectivity index (χ4n) is 1.43. The van der Waals surface area contributed by atoms with Gasteiger partial charge in [-0.3, -0.25) is 4.98 Å². The zero-order chi connectivity index (χ0) is 13.9. The van der Waals surface area contributed by atoms with Gasteiger partial charge in [0.05, 0.1) is 18.1 Å². The van der Waals surface area contributed by atoms with Gasteiger partial charge in [-0.1, -0.05) is 0 Å². The number of benzene rings is 1. The minimum atomic E-state index is -4.68. The molecular formula is C12H10F3N3O. The molecule has 0 saturated carbocycles. The lowest BCUT2D eigenvalue weighted by Crippen LogP contribution is -2.16. The van der Waals surface area contributed by atoms with Gasteiger partial charge in [-0.05, 0) is 24.3 Å². The first kappa shape index (κ1) is 13.1. The molecular weight excluding hydrogens is 259 g/mol. The molecule has 1 aromatic heterocycles. The highest BCUT2D eigenvalue weighted by molar-refractivity contribution is 5.59. The first-order valence-corrected chi connectivity index (χ1v) is 5.34. The van der Waals surface area contributed by atoms with Crippen molar-refractivity contribution < 1.29 is 17.9 Å². The smallest absolute Gasteiger partial charge is 0.406 e. The summed E-state index contributed by atoms with van der Waals surface area (Å²) < 4.78 is 39.8. The summed E-state index contributed by atoms with van der Waals surface area (Å²) in [6, 6.07) is 5.45. The van der Waals surface area contributed by atoms with Crippen molar-refractivity contribution in [3.63, 3.8) is 0 Å². The van der Waals surface area contributed by atoms with Gasteiger partial charge >= 0.3 is 6.36 Å². The average Bonchev–Trinajstić information content (AvgIpc) is 2.38. The third-order valence-corrected chi connectivity index (χ3v) is 2.29. The molecule has 100 valence electrons. The molecule has 0 spiro atoms. The SMILES string of the molecule is CNc1cnc(-c2ccc(OC(F)(F)F)cc2)cn1. The number of rotatable bonds is 3. The van der Waals surface area contributed by atoms with Crippen molar-refractivity contribution in [2.75, 3.05) is 12.4 Å². The van der Waals surface area contributed by atoms with Crippen LogP contribution in [0.5, 0.6) is 5.75 Å². The van der Waals surface area contributed by atoms with Gasteiger partial charge in [-0.15, -0.1) is 13.2 Å². The van der Waals surface area contributed by atoms with Crippen molar-refractivity contribution in [3.8, 4) is 17.0 Å². The Hall–Kier alpha value is -2.31. The lowest BCUT2D eigenvalue weighted by Gasteiger charge is -2.09. The molecule has 0 aliphatic carbocycles. The van der Waals surface area contributed by atoms with Crippen molar-refractivity contribution >= 4 is 5.82 Å². The van der Waals surface area contributed by atoms with E-state index in [2.05, 4.69) is 20.0 Å². The van der Waals surface area contributed by atoms with Crippen LogP contribution in [0.25, 0.3) is 11.3 Å². The Morgan fingerprint density at radius 2 is 1.74 bits per heavy atom. The molecule has 0 amide bonds. The maximum atomic E-state index is 12.0. The van der Waals surface area contributed by atoms with Gasteiger partial charge in [0.25, 0.3) is 0 Å². The van der Waals surface area contributed by atoms with Crippen LogP contribution in [0.15, 0.2) is 36.7 Å². The zero-order valence-corrected chi connectivity index (χ0v) is 9.90.